The molecule has 1 amide bonds. The minimum atomic E-state index is -0.771. The Labute approximate surface area is 179 Å². The highest BCUT2D eigenvalue weighted by molar-refractivity contribution is 6.11. The summed E-state index contributed by atoms with van der Waals surface area (Å²) in [6, 6.07) is 12.8. The number of benzene rings is 2. The fourth-order valence-corrected chi connectivity index (χ4v) is 4.87. The van der Waals surface area contributed by atoms with E-state index in [2.05, 4.69) is 15.5 Å². The van der Waals surface area contributed by atoms with Crippen molar-refractivity contribution in [2.45, 2.75) is 37.2 Å². The second-order valence-electron chi connectivity index (χ2n) is 8.30. The van der Waals surface area contributed by atoms with Gasteiger partial charge in [0.25, 0.3) is 0 Å². The van der Waals surface area contributed by atoms with Gasteiger partial charge >= 0.3 is 0 Å². The highest BCUT2D eigenvalue weighted by Crippen LogP contribution is 2.52. The number of carbonyl (C=O) groups excluding carboxylic acids is 2. The van der Waals surface area contributed by atoms with E-state index in [0.717, 1.165) is 28.1 Å². The van der Waals surface area contributed by atoms with Crippen LogP contribution in [0.5, 0.6) is 5.75 Å². The average molecular weight is 417 g/mol. The number of carbonyl (C=O) groups is 2. The lowest BCUT2D eigenvalue weighted by atomic mass is 9.76. The molecule has 158 valence electrons. The van der Waals surface area contributed by atoms with Crippen LogP contribution in [0.3, 0.4) is 0 Å². The summed E-state index contributed by atoms with van der Waals surface area (Å²) in [5, 5.41) is 20.2. The molecule has 3 N–H and O–H groups in total. The van der Waals surface area contributed by atoms with Gasteiger partial charge in [-0.15, -0.1) is 0 Å². The number of ketones is 1. The molecule has 2 aromatic carbocycles. The van der Waals surface area contributed by atoms with Crippen LogP contribution in [0.4, 0.5) is 5.69 Å². The van der Waals surface area contributed by atoms with E-state index in [1.165, 1.54) is 0 Å². The standard InChI is InChI=1S/C24H23N3O4/c1-31-17-4-2-14(3-5-17)10-21(29)15-11-18(19-7-9-25-27-19)22-20(12-15)26-23(30)24(22)8-6-16(28)13-24/h2-5,7,9,11-12,16,28H,6,8,10,13H2,1H3,(H,25,27)(H,26,30). The number of hydrogen-bond donors (Lipinski definition) is 3. The van der Waals surface area contributed by atoms with Crippen LogP contribution >= 0.6 is 0 Å². The Morgan fingerprint density at radius 1 is 1.26 bits per heavy atom. The number of nitrogens with one attached hydrogen (secondary N) is 2. The molecule has 2 heterocycles. The van der Waals surface area contributed by atoms with E-state index in [1.54, 1.807) is 19.4 Å². The van der Waals surface area contributed by atoms with Crippen LogP contribution in [0.25, 0.3) is 11.3 Å². The third kappa shape index (κ3) is 3.21. The number of rotatable bonds is 5. The molecule has 7 nitrogen and oxygen atoms in total. The van der Waals surface area contributed by atoms with Gasteiger partial charge in [-0.1, -0.05) is 12.1 Å². The van der Waals surface area contributed by atoms with Gasteiger partial charge in [0.1, 0.15) is 5.75 Å². The van der Waals surface area contributed by atoms with E-state index in [0.29, 0.717) is 30.5 Å². The summed E-state index contributed by atoms with van der Waals surface area (Å²) < 4.78 is 5.18. The second-order valence-corrected chi connectivity index (χ2v) is 8.30. The SMILES string of the molecule is COc1ccc(CC(=O)c2cc3c(c(-c4ccn[nH]4)c2)C2(CCC(O)C2)C(=O)N3)cc1. The monoisotopic (exact) mass is 417 g/mol. The van der Waals surface area contributed by atoms with Gasteiger partial charge in [-0.05, 0) is 55.2 Å². The Balaban J connectivity index is 1.56. The minimum absolute atomic E-state index is 0.0459. The van der Waals surface area contributed by atoms with Crippen molar-refractivity contribution in [2.75, 3.05) is 12.4 Å². The number of aromatic nitrogens is 2. The van der Waals surface area contributed by atoms with Gasteiger partial charge in [0, 0.05) is 35.0 Å². The number of H-pyrrole nitrogens is 1. The predicted octanol–water partition coefficient (Wildman–Crippen LogP) is 3.25. The van der Waals surface area contributed by atoms with Crippen molar-refractivity contribution in [1.29, 1.82) is 0 Å². The zero-order valence-corrected chi connectivity index (χ0v) is 17.1. The molecule has 1 fully saturated rings. The molecule has 0 saturated heterocycles. The molecule has 3 aromatic rings. The van der Waals surface area contributed by atoms with Gasteiger partial charge in [-0.25, -0.2) is 0 Å². The number of Topliss-reactive ketones (excluding diaryl/α,β-unsaturated/α-hetero) is 1. The molecule has 1 aliphatic carbocycles. The number of fused-ring (bicyclic) bond motifs is 2. The van der Waals surface area contributed by atoms with Crippen LogP contribution in [0.15, 0.2) is 48.7 Å². The molecular weight excluding hydrogens is 394 g/mol. The van der Waals surface area contributed by atoms with Crippen molar-refractivity contribution in [1.82, 2.24) is 10.2 Å². The lowest BCUT2D eigenvalue weighted by Gasteiger charge is -2.23. The number of aliphatic hydroxyl groups is 1. The molecule has 7 heteroatoms. The number of hydrogen-bond acceptors (Lipinski definition) is 5. The van der Waals surface area contributed by atoms with E-state index in [4.69, 9.17) is 4.74 Å². The van der Waals surface area contributed by atoms with Gasteiger partial charge in [0.15, 0.2) is 5.78 Å². The van der Waals surface area contributed by atoms with Crippen molar-refractivity contribution < 1.29 is 19.4 Å². The number of anilines is 1. The summed E-state index contributed by atoms with van der Waals surface area (Å²) in [6.07, 6.45) is 2.91. The van der Waals surface area contributed by atoms with Crippen molar-refractivity contribution in [3.63, 3.8) is 0 Å². The molecule has 0 bridgehead atoms. The summed E-state index contributed by atoms with van der Waals surface area (Å²) in [5.74, 6) is 0.581. The van der Waals surface area contributed by atoms with Crippen LogP contribution in [0, 0.1) is 0 Å². The van der Waals surface area contributed by atoms with Gasteiger partial charge in [0.05, 0.1) is 24.3 Å². The van der Waals surface area contributed by atoms with Gasteiger partial charge in [-0.3, -0.25) is 14.7 Å². The van der Waals surface area contributed by atoms with Crippen LogP contribution in [-0.4, -0.2) is 40.2 Å². The fourth-order valence-electron chi connectivity index (χ4n) is 4.87. The molecule has 1 aliphatic heterocycles. The van der Waals surface area contributed by atoms with Gasteiger partial charge < -0.3 is 15.2 Å². The third-order valence-electron chi connectivity index (χ3n) is 6.42. The van der Waals surface area contributed by atoms with Crippen LogP contribution < -0.4 is 10.1 Å². The summed E-state index contributed by atoms with van der Waals surface area (Å²) in [4.78, 5) is 26.1. The number of methoxy groups -OCH3 is 1. The van der Waals surface area contributed by atoms with Crippen molar-refractivity contribution in [2.24, 2.45) is 0 Å². The Hall–Kier alpha value is -3.45. The lowest BCUT2D eigenvalue weighted by Crippen LogP contribution is -2.32. The Kier molecular flexibility index (Phi) is 4.63. The number of nitrogens with zero attached hydrogens (tertiary/aromatic N) is 1. The normalized spacial score (nSPS) is 21.9. The summed E-state index contributed by atoms with van der Waals surface area (Å²) in [7, 11) is 1.60. The van der Waals surface area contributed by atoms with Crippen LogP contribution in [-0.2, 0) is 16.6 Å². The van der Waals surface area contributed by atoms with Crippen LogP contribution in [0.2, 0.25) is 0 Å². The maximum Gasteiger partial charge on any atom is 0.235 e. The number of amides is 1. The largest absolute Gasteiger partial charge is 0.497 e. The van der Waals surface area contributed by atoms with E-state index in [-0.39, 0.29) is 18.1 Å². The number of aliphatic hydroxyl groups excluding tert-OH is 1. The van der Waals surface area contributed by atoms with E-state index in [1.807, 2.05) is 36.4 Å². The Bertz CT molecular complexity index is 1150. The second kappa shape index (κ2) is 7.35. The van der Waals surface area contributed by atoms with Crippen molar-refractivity contribution in [3.8, 4) is 17.0 Å². The quantitative estimate of drug-likeness (QED) is 0.553. The topological polar surface area (TPSA) is 104 Å². The molecule has 0 radical (unpaired) electrons. The predicted molar refractivity (Wildman–Crippen MR) is 115 cm³/mol. The number of aromatic amines is 1. The van der Waals surface area contributed by atoms with Gasteiger partial charge in [0.2, 0.25) is 5.91 Å². The molecule has 1 spiro atoms. The third-order valence-corrected chi connectivity index (χ3v) is 6.42. The smallest absolute Gasteiger partial charge is 0.235 e. The first-order chi connectivity index (χ1) is 15.0. The van der Waals surface area contributed by atoms with E-state index >= 15 is 0 Å². The summed E-state index contributed by atoms with van der Waals surface area (Å²) in [5.41, 5.74) is 3.65. The molecule has 5 rings (SSSR count). The Morgan fingerprint density at radius 2 is 2.06 bits per heavy atom. The average Bonchev–Trinajstić information content (AvgIpc) is 3.49. The maximum absolute atomic E-state index is 13.1. The molecule has 1 aromatic heterocycles. The summed E-state index contributed by atoms with van der Waals surface area (Å²) >= 11 is 0. The lowest BCUT2D eigenvalue weighted by molar-refractivity contribution is -0.120. The highest BCUT2D eigenvalue weighted by atomic mass is 16.5. The molecule has 31 heavy (non-hydrogen) atoms. The molecule has 1 saturated carbocycles. The van der Waals surface area contributed by atoms with E-state index in [9.17, 15) is 14.7 Å². The summed E-state index contributed by atoms with van der Waals surface area (Å²) in [6.45, 7) is 0. The van der Waals surface area contributed by atoms with E-state index < -0.39 is 11.5 Å². The zero-order chi connectivity index (χ0) is 21.6. The van der Waals surface area contributed by atoms with Gasteiger partial charge in [-0.2, -0.15) is 5.10 Å². The highest BCUT2D eigenvalue weighted by Gasteiger charge is 2.52. The zero-order valence-electron chi connectivity index (χ0n) is 17.1. The number of ether oxygens (including phenoxy) is 1. The maximum atomic E-state index is 13.1. The molecule has 2 atom stereocenters. The first-order valence-electron chi connectivity index (χ1n) is 10.3. The van der Waals surface area contributed by atoms with Crippen LogP contribution in [0.1, 0.15) is 40.7 Å². The first kappa shape index (κ1) is 19.5. The molecule has 2 unspecified atom stereocenters. The molecular formula is C24H23N3O4. The molecule has 2 aliphatic rings. The minimum Gasteiger partial charge on any atom is -0.497 e. The fraction of sp³-hybridized carbons (Fsp3) is 0.292. The first-order valence-corrected chi connectivity index (χ1v) is 10.3. The van der Waals surface area contributed by atoms with Crippen molar-refractivity contribution in [3.05, 3.63) is 65.4 Å². The Morgan fingerprint density at radius 3 is 2.71 bits per heavy atom. The van der Waals surface area contributed by atoms with Crippen molar-refractivity contribution >= 4 is 17.4 Å².